The molecule has 0 amide bonds. The average Bonchev–Trinajstić information content (AvgIpc) is 2.85. The fraction of sp³-hybridized carbons (Fsp3) is 0.333. The van der Waals surface area contributed by atoms with Crippen LogP contribution in [0.1, 0.15) is 18.1 Å². The van der Waals surface area contributed by atoms with Crippen molar-refractivity contribution in [2.45, 2.75) is 20.3 Å². The zero-order valence-corrected chi connectivity index (χ0v) is 9.95. The lowest BCUT2D eigenvalue weighted by atomic mass is 10.0. The van der Waals surface area contributed by atoms with Crippen molar-refractivity contribution in [3.8, 4) is 0 Å². The second-order valence-corrected chi connectivity index (χ2v) is 4.44. The summed E-state index contributed by atoms with van der Waals surface area (Å²) in [5.74, 6) is 0. The van der Waals surface area contributed by atoms with E-state index in [0.717, 1.165) is 34.4 Å². The maximum absolute atomic E-state index is 4.35. The summed E-state index contributed by atoms with van der Waals surface area (Å²) in [4.78, 5) is 0. The highest BCUT2D eigenvalue weighted by atomic mass is 32.1. The Kier molecular flexibility index (Phi) is 1.93. The third kappa shape index (κ3) is 1.12. The van der Waals surface area contributed by atoms with Crippen LogP contribution in [0.2, 0.25) is 0 Å². The van der Waals surface area contributed by atoms with Crippen molar-refractivity contribution in [3.63, 3.8) is 0 Å². The lowest BCUT2D eigenvalue weighted by molar-refractivity contribution is 1.15. The molecule has 0 saturated carbocycles. The van der Waals surface area contributed by atoms with Crippen LogP contribution in [0.25, 0.3) is 11.0 Å². The summed E-state index contributed by atoms with van der Waals surface area (Å²) >= 11 is 2.52. The van der Waals surface area contributed by atoms with Crippen LogP contribution in [0, 0.1) is 6.92 Å². The van der Waals surface area contributed by atoms with Crippen LogP contribution in [0.5, 0.6) is 0 Å². The smallest absolute Gasteiger partial charge is 0.110 e. The lowest BCUT2D eigenvalue weighted by Gasteiger charge is -2.05. The monoisotopic (exact) mass is 236 g/mol. The van der Waals surface area contributed by atoms with Crippen molar-refractivity contribution in [1.29, 1.82) is 0 Å². The Morgan fingerprint density at radius 1 is 1.07 bits per heavy atom. The second-order valence-electron chi connectivity index (χ2n) is 3.38. The third-order valence-electron chi connectivity index (χ3n) is 2.61. The molecule has 1 aromatic carbocycles. The van der Waals surface area contributed by atoms with Crippen LogP contribution in [-0.2, 0) is 17.8 Å². The Hall–Kier alpha value is -1.14. The van der Waals surface area contributed by atoms with E-state index in [1.165, 1.54) is 28.6 Å². The minimum absolute atomic E-state index is 0.921. The van der Waals surface area contributed by atoms with Crippen LogP contribution < -0.4 is 0 Å². The van der Waals surface area contributed by atoms with Gasteiger partial charge in [-0.15, -0.1) is 0 Å². The first-order valence-corrected chi connectivity index (χ1v) is 6.15. The summed E-state index contributed by atoms with van der Waals surface area (Å²) in [6, 6.07) is 0. The van der Waals surface area contributed by atoms with Gasteiger partial charge >= 0.3 is 0 Å². The normalized spacial score (nSPS) is 13.2. The van der Waals surface area contributed by atoms with Crippen molar-refractivity contribution in [2.24, 2.45) is 8.73 Å². The molecule has 0 N–H and O–H groups in total. The number of fused-ring (bicyclic) bond motifs is 2. The number of hydrogen-bond acceptors (Lipinski definition) is 5. The molecular formula is C9H8N4S2. The molecule has 2 aromatic rings. The number of hydrogen-bond donors (Lipinski definition) is 0. The lowest BCUT2D eigenvalue weighted by Crippen LogP contribution is -1.87. The van der Waals surface area contributed by atoms with E-state index >= 15 is 0 Å². The third-order valence-corrected chi connectivity index (χ3v) is 3.67. The molecule has 1 aromatic heterocycles. The Morgan fingerprint density at radius 3 is 2.60 bits per heavy atom. The first-order valence-electron chi connectivity index (χ1n) is 4.69. The summed E-state index contributed by atoms with van der Waals surface area (Å²) in [5, 5.41) is 0. The fourth-order valence-corrected chi connectivity index (χ4v) is 3.07. The van der Waals surface area contributed by atoms with Gasteiger partial charge in [0.05, 0.1) is 23.1 Å². The Bertz CT molecular complexity index is 623. The van der Waals surface area contributed by atoms with E-state index in [4.69, 9.17) is 0 Å². The van der Waals surface area contributed by atoms with Gasteiger partial charge in [-0.1, -0.05) is 6.92 Å². The maximum Gasteiger partial charge on any atom is 0.110 e. The molecule has 1 aliphatic rings. The fourth-order valence-electron chi connectivity index (χ4n) is 1.82. The summed E-state index contributed by atoms with van der Waals surface area (Å²) < 4.78 is 17.3. The summed E-state index contributed by atoms with van der Waals surface area (Å²) in [5.41, 5.74) is 6.24. The largest absolute Gasteiger partial charge is 0.173 e. The van der Waals surface area contributed by atoms with Crippen LogP contribution in [0.3, 0.4) is 0 Å². The van der Waals surface area contributed by atoms with E-state index in [-0.39, 0.29) is 0 Å². The summed E-state index contributed by atoms with van der Waals surface area (Å²) in [6.45, 7) is 4.15. The van der Waals surface area contributed by atoms with Gasteiger partial charge in [0.25, 0.3) is 0 Å². The number of nitrogens with zero attached hydrogens (tertiary/aromatic N) is 4. The van der Waals surface area contributed by atoms with Crippen LogP contribution in [-0.4, -0.2) is 8.75 Å². The molecule has 0 bridgehead atoms. The number of rotatable bonds is 1. The standard InChI is InChI=1S/C9H8N4S2/c1-3-5-8-6(10-14-12-8)4(2)7-9(5)13-15-11-7/h3H2,1-2H3. The molecule has 76 valence electrons. The van der Waals surface area contributed by atoms with Crippen molar-refractivity contribution in [2.75, 3.05) is 0 Å². The second kappa shape index (κ2) is 3.18. The molecule has 1 aliphatic heterocycles. The van der Waals surface area contributed by atoms with Gasteiger partial charge in [0.2, 0.25) is 0 Å². The number of aromatic nitrogens is 2. The van der Waals surface area contributed by atoms with Gasteiger partial charge in [-0.3, -0.25) is 0 Å². The zero-order chi connectivity index (χ0) is 10.4. The highest BCUT2D eigenvalue weighted by Crippen LogP contribution is 2.43. The number of aryl methyl sites for hydroxylation is 2. The molecule has 0 aliphatic carbocycles. The highest BCUT2D eigenvalue weighted by molar-refractivity contribution is 7.58. The molecule has 2 heterocycles. The van der Waals surface area contributed by atoms with Gasteiger partial charge in [-0.2, -0.15) is 17.5 Å². The molecule has 0 atom stereocenters. The molecular weight excluding hydrogens is 228 g/mol. The van der Waals surface area contributed by atoms with Crippen molar-refractivity contribution < 1.29 is 0 Å². The quantitative estimate of drug-likeness (QED) is 0.651. The molecule has 3 rings (SSSR count). The molecule has 0 saturated heterocycles. The van der Waals surface area contributed by atoms with E-state index in [0.29, 0.717) is 0 Å². The van der Waals surface area contributed by atoms with E-state index < -0.39 is 0 Å². The van der Waals surface area contributed by atoms with Crippen molar-refractivity contribution in [3.05, 3.63) is 11.1 Å². The van der Waals surface area contributed by atoms with Gasteiger partial charge in [-0.25, -0.2) is 0 Å². The van der Waals surface area contributed by atoms with Gasteiger partial charge < -0.3 is 0 Å². The maximum atomic E-state index is 4.35. The molecule has 6 heteroatoms. The highest BCUT2D eigenvalue weighted by Gasteiger charge is 2.20. The van der Waals surface area contributed by atoms with Crippen molar-refractivity contribution in [1.82, 2.24) is 8.75 Å². The summed E-state index contributed by atoms with van der Waals surface area (Å²) in [6.07, 6.45) is 0.921. The molecule has 4 nitrogen and oxygen atoms in total. The number of benzene rings is 1. The van der Waals surface area contributed by atoms with E-state index in [1.54, 1.807) is 0 Å². The molecule has 0 unspecified atom stereocenters. The molecule has 15 heavy (non-hydrogen) atoms. The van der Waals surface area contributed by atoms with Crippen LogP contribution >= 0.6 is 11.7 Å². The SMILES string of the molecule is CCc1c2c(c(C)c3nsnc13)N=S=N2. The minimum atomic E-state index is 0.921. The predicted octanol–water partition coefficient (Wildman–Crippen LogP) is 3.29. The van der Waals surface area contributed by atoms with Gasteiger partial charge in [0.1, 0.15) is 22.4 Å². The Balaban J connectivity index is 2.54. The first-order chi connectivity index (χ1) is 7.33. The average molecular weight is 236 g/mol. The van der Waals surface area contributed by atoms with Crippen LogP contribution in [0.15, 0.2) is 8.73 Å². The van der Waals surface area contributed by atoms with Gasteiger partial charge in [0.15, 0.2) is 0 Å². The van der Waals surface area contributed by atoms with Crippen molar-refractivity contribution >= 4 is 45.5 Å². The molecule has 0 radical (unpaired) electrons. The predicted molar refractivity (Wildman–Crippen MR) is 63.1 cm³/mol. The topological polar surface area (TPSA) is 50.5 Å². The summed E-state index contributed by atoms with van der Waals surface area (Å²) in [7, 11) is 0. The van der Waals surface area contributed by atoms with Gasteiger partial charge in [-0.05, 0) is 13.3 Å². The minimum Gasteiger partial charge on any atom is -0.173 e. The molecule has 0 fully saturated rings. The Morgan fingerprint density at radius 2 is 1.80 bits per heavy atom. The Labute approximate surface area is 94.6 Å². The van der Waals surface area contributed by atoms with E-state index in [9.17, 15) is 0 Å². The molecule has 0 spiro atoms. The first kappa shape index (κ1) is 9.11. The van der Waals surface area contributed by atoms with Crippen LogP contribution in [0.4, 0.5) is 11.4 Å². The zero-order valence-electron chi connectivity index (χ0n) is 8.31. The van der Waals surface area contributed by atoms with E-state index in [1.807, 2.05) is 6.92 Å². The van der Waals surface area contributed by atoms with E-state index in [2.05, 4.69) is 24.4 Å². The van der Waals surface area contributed by atoms with Gasteiger partial charge in [0, 0.05) is 11.1 Å².